The Labute approximate surface area is 95.7 Å². The summed E-state index contributed by atoms with van der Waals surface area (Å²) in [5, 5.41) is 13.0. The smallest absolute Gasteiger partial charge is 0.423 e. The van der Waals surface area contributed by atoms with Crippen molar-refractivity contribution in [2.24, 2.45) is 0 Å². The van der Waals surface area contributed by atoms with Gasteiger partial charge < -0.3 is 19.7 Å². The quantitative estimate of drug-likeness (QED) is 0.526. The summed E-state index contributed by atoms with van der Waals surface area (Å²) in [5.74, 6) is 0. The minimum atomic E-state index is -0.768. The molecule has 0 unspecified atom stereocenters. The zero-order valence-electron chi connectivity index (χ0n) is 9.40. The first-order valence-corrected chi connectivity index (χ1v) is 5.43. The van der Waals surface area contributed by atoms with E-state index in [0.29, 0.717) is 13.2 Å². The molecule has 0 bridgehead atoms. The van der Waals surface area contributed by atoms with Gasteiger partial charge in [-0.3, -0.25) is 0 Å². The van der Waals surface area contributed by atoms with Gasteiger partial charge in [-0.15, -0.1) is 0 Å². The average molecular weight is 221 g/mol. The van der Waals surface area contributed by atoms with E-state index in [2.05, 4.69) is 5.32 Å². The molecule has 4 nitrogen and oxygen atoms in total. The normalized spacial score (nSPS) is 14.2. The van der Waals surface area contributed by atoms with Crippen molar-refractivity contribution in [3.8, 4) is 0 Å². The molecule has 1 aromatic rings. The van der Waals surface area contributed by atoms with Crippen LogP contribution in [0.1, 0.15) is 11.1 Å². The van der Waals surface area contributed by atoms with Crippen LogP contribution >= 0.6 is 0 Å². The van der Waals surface area contributed by atoms with E-state index in [1.54, 1.807) is 7.11 Å². The van der Waals surface area contributed by atoms with E-state index in [0.717, 1.165) is 29.7 Å². The van der Waals surface area contributed by atoms with Gasteiger partial charge >= 0.3 is 7.12 Å². The number of nitrogens with one attached hydrogen (secondary N) is 1. The molecule has 5 heteroatoms. The fourth-order valence-electron chi connectivity index (χ4n) is 1.91. The van der Waals surface area contributed by atoms with E-state index < -0.39 is 7.12 Å². The Morgan fingerprint density at radius 3 is 3.25 bits per heavy atom. The lowest BCUT2D eigenvalue weighted by Crippen LogP contribution is -2.33. The maximum absolute atomic E-state index is 9.69. The molecule has 16 heavy (non-hydrogen) atoms. The zero-order valence-corrected chi connectivity index (χ0v) is 9.40. The Morgan fingerprint density at radius 1 is 1.56 bits per heavy atom. The van der Waals surface area contributed by atoms with Crippen LogP contribution in [-0.4, -0.2) is 32.4 Å². The third-order valence-corrected chi connectivity index (χ3v) is 2.73. The highest BCUT2D eigenvalue weighted by Crippen LogP contribution is 2.12. The van der Waals surface area contributed by atoms with Crippen LogP contribution in [-0.2, 0) is 22.5 Å². The van der Waals surface area contributed by atoms with E-state index in [9.17, 15) is 5.02 Å². The highest BCUT2D eigenvalue weighted by molar-refractivity contribution is 6.62. The number of hydrogen-bond acceptors (Lipinski definition) is 4. The number of benzene rings is 1. The number of ether oxygens (including phenoxy) is 1. The first-order valence-electron chi connectivity index (χ1n) is 5.43. The molecule has 2 rings (SSSR count). The van der Waals surface area contributed by atoms with Gasteiger partial charge in [0, 0.05) is 20.2 Å². The Bertz CT molecular complexity index is 359. The van der Waals surface area contributed by atoms with Gasteiger partial charge in [0.05, 0.1) is 13.2 Å². The summed E-state index contributed by atoms with van der Waals surface area (Å²) in [6.07, 6.45) is 0. The Morgan fingerprint density at radius 2 is 2.44 bits per heavy atom. The molecular weight excluding hydrogens is 205 g/mol. The Hall–Kier alpha value is -0.875. The molecule has 0 atom stereocenters. The zero-order chi connectivity index (χ0) is 11.4. The standard InChI is InChI=1S/C11H16BNO3/c1-15-6-5-13-7-9-3-2-4-10-8-16-12(14)11(9)10/h2-4,13-14H,5-8H2,1H3. The summed E-state index contributed by atoms with van der Waals surface area (Å²) in [7, 11) is 0.912. The van der Waals surface area contributed by atoms with Crippen molar-refractivity contribution in [1.82, 2.24) is 5.32 Å². The lowest BCUT2D eigenvalue weighted by atomic mass is 9.76. The van der Waals surface area contributed by atoms with Crippen molar-refractivity contribution < 1.29 is 14.4 Å². The molecule has 0 radical (unpaired) electrons. The lowest BCUT2D eigenvalue weighted by Gasteiger charge is -2.09. The molecule has 1 aromatic carbocycles. The van der Waals surface area contributed by atoms with Crippen molar-refractivity contribution in [2.75, 3.05) is 20.3 Å². The fourth-order valence-corrected chi connectivity index (χ4v) is 1.91. The van der Waals surface area contributed by atoms with Crippen LogP contribution in [0.25, 0.3) is 0 Å². The minimum Gasteiger partial charge on any atom is -0.423 e. The second-order valence-corrected chi connectivity index (χ2v) is 3.82. The van der Waals surface area contributed by atoms with Gasteiger partial charge in [-0.2, -0.15) is 0 Å². The molecule has 0 aliphatic carbocycles. The van der Waals surface area contributed by atoms with Gasteiger partial charge in [0.25, 0.3) is 0 Å². The van der Waals surface area contributed by atoms with Gasteiger partial charge in [0.15, 0.2) is 0 Å². The summed E-state index contributed by atoms with van der Waals surface area (Å²) >= 11 is 0. The maximum atomic E-state index is 9.69. The topological polar surface area (TPSA) is 50.7 Å². The van der Waals surface area contributed by atoms with Crippen LogP contribution in [0.3, 0.4) is 0 Å². The molecule has 1 aliphatic rings. The van der Waals surface area contributed by atoms with Crippen LogP contribution < -0.4 is 10.8 Å². The lowest BCUT2D eigenvalue weighted by molar-refractivity contribution is 0.199. The molecule has 0 saturated carbocycles. The van der Waals surface area contributed by atoms with Crippen LogP contribution in [0.5, 0.6) is 0 Å². The predicted molar refractivity (Wildman–Crippen MR) is 62.4 cm³/mol. The number of hydrogen-bond donors (Lipinski definition) is 2. The van der Waals surface area contributed by atoms with E-state index >= 15 is 0 Å². The van der Waals surface area contributed by atoms with Gasteiger partial charge in [-0.25, -0.2) is 0 Å². The molecule has 0 saturated heterocycles. The minimum absolute atomic E-state index is 0.502. The highest BCUT2D eigenvalue weighted by atomic mass is 16.5. The van der Waals surface area contributed by atoms with E-state index in [1.807, 2.05) is 18.2 Å². The molecule has 0 fully saturated rings. The van der Waals surface area contributed by atoms with Crippen molar-refractivity contribution in [3.63, 3.8) is 0 Å². The molecule has 1 heterocycles. The second-order valence-electron chi connectivity index (χ2n) is 3.82. The van der Waals surface area contributed by atoms with E-state index in [1.165, 1.54) is 0 Å². The van der Waals surface area contributed by atoms with Crippen LogP contribution in [0, 0.1) is 0 Å². The van der Waals surface area contributed by atoms with Gasteiger partial charge in [0.1, 0.15) is 0 Å². The van der Waals surface area contributed by atoms with Gasteiger partial charge in [0.2, 0.25) is 0 Å². The van der Waals surface area contributed by atoms with Gasteiger partial charge in [-0.1, -0.05) is 18.2 Å². The number of methoxy groups -OCH3 is 1. The van der Waals surface area contributed by atoms with E-state index in [-0.39, 0.29) is 0 Å². The largest absolute Gasteiger partial charge is 0.492 e. The predicted octanol–water partition coefficient (Wildman–Crippen LogP) is -0.360. The Balaban J connectivity index is 2.02. The number of rotatable bonds is 5. The second kappa shape index (κ2) is 5.45. The van der Waals surface area contributed by atoms with E-state index in [4.69, 9.17) is 9.39 Å². The molecule has 86 valence electrons. The summed E-state index contributed by atoms with van der Waals surface area (Å²) in [4.78, 5) is 0. The van der Waals surface area contributed by atoms with Gasteiger partial charge in [-0.05, 0) is 16.6 Å². The highest BCUT2D eigenvalue weighted by Gasteiger charge is 2.29. The van der Waals surface area contributed by atoms with Crippen molar-refractivity contribution in [1.29, 1.82) is 0 Å². The summed E-state index contributed by atoms with van der Waals surface area (Å²) < 4.78 is 10.2. The SMILES string of the molecule is COCCNCc1cccc2c1B(O)OC2. The molecule has 0 aromatic heterocycles. The maximum Gasteiger partial charge on any atom is 0.492 e. The Kier molecular flexibility index (Phi) is 3.95. The first-order chi connectivity index (χ1) is 7.83. The van der Waals surface area contributed by atoms with Crippen molar-refractivity contribution in [3.05, 3.63) is 29.3 Å². The third kappa shape index (κ3) is 2.44. The first kappa shape index (κ1) is 11.6. The van der Waals surface area contributed by atoms with Crippen molar-refractivity contribution in [2.45, 2.75) is 13.2 Å². The molecule has 1 aliphatic heterocycles. The summed E-state index contributed by atoms with van der Waals surface area (Å²) in [5.41, 5.74) is 3.10. The monoisotopic (exact) mass is 221 g/mol. The average Bonchev–Trinajstić information content (AvgIpc) is 2.68. The van der Waals surface area contributed by atoms with Crippen molar-refractivity contribution >= 4 is 12.6 Å². The summed E-state index contributed by atoms with van der Waals surface area (Å²) in [6, 6.07) is 5.99. The van der Waals surface area contributed by atoms with Crippen LogP contribution in [0.4, 0.5) is 0 Å². The van der Waals surface area contributed by atoms with Crippen LogP contribution in [0.15, 0.2) is 18.2 Å². The summed E-state index contributed by atoms with van der Waals surface area (Å²) in [6.45, 7) is 2.72. The number of fused-ring (bicyclic) bond motifs is 1. The van der Waals surface area contributed by atoms with Crippen LogP contribution in [0.2, 0.25) is 0 Å². The third-order valence-electron chi connectivity index (χ3n) is 2.73. The molecule has 0 spiro atoms. The molecule has 0 amide bonds. The molecule has 2 N–H and O–H groups in total. The fraction of sp³-hybridized carbons (Fsp3) is 0.455. The molecular formula is C11H16BNO3.